The zero-order chi connectivity index (χ0) is 15.7. The molecule has 0 bridgehead atoms. The second-order valence-corrected chi connectivity index (χ2v) is 7.24. The summed E-state index contributed by atoms with van der Waals surface area (Å²) in [7, 11) is -4.87. The number of rotatable bonds is 5. The molecular weight excluding hydrogens is 293 g/mol. The number of carbonyl (C=O) groups is 2. The molecule has 0 radical (unpaired) electrons. The number of carboxylic acids is 1. The van der Waals surface area contributed by atoms with E-state index in [1.54, 1.807) is 20.8 Å². The molecule has 1 saturated heterocycles. The number of carbonyl (C=O) groups excluding carboxylic acids is 1. The van der Waals surface area contributed by atoms with Crippen molar-refractivity contribution in [3.05, 3.63) is 0 Å². The van der Waals surface area contributed by atoms with Crippen molar-refractivity contribution in [3.8, 4) is 0 Å². The Kier molecular flexibility index (Phi) is 4.75. The predicted octanol–water partition coefficient (Wildman–Crippen LogP) is 0.155. The van der Waals surface area contributed by atoms with E-state index in [4.69, 9.17) is 9.84 Å². The zero-order valence-electron chi connectivity index (χ0n) is 11.5. The lowest BCUT2D eigenvalue weighted by Gasteiger charge is -2.28. The Morgan fingerprint density at radius 1 is 1.55 bits per heavy atom. The van der Waals surface area contributed by atoms with Crippen molar-refractivity contribution in [2.24, 2.45) is 0 Å². The fraction of sp³-hybridized carbons (Fsp3) is 0.818. The van der Waals surface area contributed by atoms with Crippen molar-refractivity contribution in [1.29, 1.82) is 0 Å². The molecule has 0 aromatic rings. The van der Waals surface area contributed by atoms with Crippen LogP contribution in [0.4, 0.5) is 3.89 Å². The van der Waals surface area contributed by atoms with Gasteiger partial charge in [-0.25, -0.2) is 4.79 Å². The minimum atomic E-state index is -4.87. The normalized spacial score (nSPS) is 22.1. The Bertz CT molecular complexity index is 498. The van der Waals surface area contributed by atoms with Crippen LogP contribution in [0, 0.1) is 0 Å². The van der Waals surface area contributed by atoms with Gasteiger partial charge in [-0.15, -0.1) is 3.89 Å². The number of carboxylic acid groups (broad SMARTS) is 1. The topological polar surface area (TPSA) is 101 Å². The quantitative estimate of drug-likeness (QED) is 0.726. The lowest BCUT2D eigenvalue weighted by atomic mass is 10.2. The van der Waals surface area contributed by atoms with Crippen LogP contribution in [0.2, 0.25) is 0 Å². The maximum absolute atomic E-state index is 12.9. The van der Waals surface area contributed by atoms with Gasteiger partial charge in [0.05, 0.1) is 12.2 Å². The van der Waals surface area contributed by atoms with Crippen LogP contribution in [-0.2, 0) is 24.5 Å². The van der Waals surface area contributed by atoms with Crippen molar-refractivity contribution in [3.63, 3.8) is 0 Å². The molecule has 1 fully saturated rings. The molecule has 116 valence electrons. The largest absolute Gasteiger partial charge is 0.480 e. The summed E-state index contributed by atoms with van der Waals surface area (Å²) in [5, 5.41) is 7.61. The van der Waals surface area contributed by atoms with Crippen molar-refractivity contribution in [1.82, 2.24) is 4.90 Å². The van der Waals surface area contributed by atoms with Crippen molar-refractivity contribution >= 4 is 22.1 Å². The molecule has 0 aliphatic carbocycles. The summed E-state index contributed by atoms with van der Waals surface area (Å²) < 4.78 is 39.8. The summed E-state index contributed by atoms with van der Waals surface area (Å²) in [6.07, 6.45) is -0.544. The van der Waals surface area contributed by atoms with Crippen molar-refractivity contribution < 1.29 is 31.7 Å². The summed E-state index contributed by atoms with van der Waals surface area (Å²) >= 11 is 0. The van der Waals surface area contributed by atoms with E-state index in [9.17, 15) is 21.9 Å². The smallest absolute Gasteiger partial charge is 0.328 e. The lowest BCUT2D eigenvalue weighted by Crippen LogP contribution is -2.47. The van der Waals surface area contributed by atoms with Gasteiger partial charge >= 0.3 is 16.2 Å². The third-order valence-electron chi connectivity index (χ3n) is 2.86. The molecule has 20 heavy (non-hydrogen) atoms. The van der Waals surface area contributed by atoms with Crippen LogP contribution >= 0.6 is 0 Å². The second kappa shape index (κ2) is 5.65. The summed E-state index contributed by atoms with van der Waals surface area (Å²) in [5.74, 6) is -2.03. The molecule has 1 N–H and O–H groups in total. The number of hydrogen-bond donors (Lipinski definition) is 1. The van der Waals surface area contributed by atoms with Crippen LogP contribution in [0.25, 0.3) is 0 Å². The van der Waals surface area contributed by atoms with Gasteiger partial charge in [0.15, 0.2) is 6.04 Å². The number of ether oxygens (including phenoxy) is 1. The lowest BCUT2D eigenvalue weighted by molar-refractivity contribution is -0.153. The zero-order valence-corrected chi connectivity index (χ0v) is 12.3. The molecule has 1 aliphatic heterocycles. The maximum Gasteiger partial charge on any atom is 0.328 e. The highest BCUT2D eigenvalue weighted by molar-refractivity contribution is 7.87. The number of amides is 1. The molecule has 9 heteroatoms. The molecule has 2 atom stereocenters. The van der Waals surface area contributed by atoms with E-state index >= 15 is 0 Å². The summed E-state index contributed by atoms with van der Waals surface area (Å²) in [6.45, 7) is 4.39. The van der Waals surface area contributed by atoms with Gasteiger partial charge in [-0.3, -0.25) is 4.79 Å². The fourth-order valence-electron chi connectivity index (χ4n) is 1.81. The molecule has 0 saturated carbocycles. The molecule has 0 spiro atoms. The maximum atomic E-state index is 12.9. The summed E-state index contributed by atoms with van der Waals surface area (Å²) in [4.78, 5) is 23.7. The molecule has 1 unspecified atom stereocenters. The van der Waals surface area contributed by atoms with Crippen LogP contribution in [0.1, 0.15) is 27.2 Å². The molecule has 7 nitrogen and oxygen atoms in total. The van der Waals surface area contributed by atoms with Gasteiger partial charge in [-0.2, -0.15) is 8.42 Å². The molecule has 0 aromatic heterocycles. The van der Waals surface area contributed by atoms with Gasteiger partial charge < -0.3 is 14.7 Å². The van der Waals surface area contributed by atoms with Crippen LogP contribution < -0.4 is 0 Å². The van der Waals surface area contributed by atoms with Gasteiger partial charge in [-0.05, 0) is 20.8 Å². The number of halogens is 1. The Morgan fingerprint density at radius 2 is 2.10 bits per heavy atom. The van der Waals surface area contributed by atoms with E-state index in [2.05, 4.69) is 0 Å². The summed E-state index contributed by atoms with van der Waals surface area (Å²) in [6, 6.07) is -1.33. The molecule has 0 aromatic carbocycles. The Labute approximate surface area is 116 Å². The minimum Gasteiger partial charge on any atom is -0.480 e. The molecular formula is C11H18FNO6S. The first-order valence-corrected chi connectivity index (χ1v) is 7.46. The van der Waals surface area contributed by atoms with Gasteiger partial charge in [0.1, 0.15) is 5.25 Å². The Morgan fingerprint density at radius 3 is 2.45 bits per heavy atom. The summed E-state index contributed by atoms with van der Waals surface area (Å²) in [5.41, 5.74) is -0.609. The molecule has 1 aliphatic rings. The molecule has 1 rings (SSSR count). The third kappa shape index (κ3) is 4.41. The first kappa shape index (κ1) is 16.8. The minimum absolute atomic E-state index is 0.288. The van der Waals surface area contributed by atoms with E-state index < -0.39 is 52.0 Å². The highest BCUT2D eigenvalue weighted by Crippen LogP contribution is 2.22. The van der Waals surface area contributed by atoms with E-state index in [1.807, 2.05) is 0 Å². The van der Waals surface area contributed by atoms with Crippen molar-refractivity contribution in [2.75, 3.05) is 13.2 Å². The van der Waals surface area contributed by atoms with Gasteiger partial charge in [0.25, 0.3) is 0 Å². The highest BCUT2D eigenvalue weighted by Gasteiger charge is 2.43. The van der Waals surface area contributed by atoms with Crippen LogP contribution in [0.15, 0.2) is 0 Å². The SMILES string of the molecule is CC(C)(C)OC[C@@H](C(=O)O)N1CC(S(=O)(=O)F)CC1=O. The van der Waals surface area contributed by atoms with E-state index in [0.717, 1.165) is 4.90 Å². The number of hydrogen-bond acceptors (Lipinski definition) is 5. The predicted molar refractivity (Wildman–Crippen MR) is 67.3 cm³/mol. The van der Waals surface area contributed by atoms with Crippen LogP contribution in [0.3, 0.4) is 0 Å². The average molecular weight is 311 g/mol. The van der Waals surface area contributed by atoms with E-state index in [-0.39, 0.29) is 6.61 Å². The number of likely N-dealkylation sites (tertiary alicyclic amines) is 1. The van der Waals surface area contributed by atoms with E-state index in [1.165, 1.54) is 0 Å². The Hall–Kier alpha value is -1.22. The standard InChI is InChI=1S/C11H18FNO6S/c1-11(2,3)19-6-8(10(15)16)13-5-7(4-9(13)14)20(12,17)18/h7-8H,4-6H2,1-3H3,(H,15,16)/t7?,8-/m0/s1. The van der Waals surface area contributed by atoms with Crippen LogP contribution in [-0.4, -0.2) is 60.3 Å². The highest BCUT2D eigenvalue weighted by atomic mass is 32.3. The average Bonchev–Trinajstić information content (AvgIpc) is 2.58. The second-order valence-electron chi connectivity index (χ2n) is 5.63. The van der Waals surface area contributed by atoms with E-state index in [0.29, 0.717) is 0 Å². The van der Waals surface area contributed by atoms with Gasteiger partial charge in [-0.1, -0.05) is 0 Å². The number of nitrogens with zero attached hydrogens (tertiary/aromatic N) is 1. The first-order valence-electron chi connectivity index (χ1n) is 6.01. The number of aliphatic carboxylic acids is 1. The molecule has 1 heterocycles. The van der Waals surface area contributed by atoms with Crippen LogP contribution in [0.5, 0.6) is 0 Å². The first-order chi connectivity index (χ1) is 8.92. The monoisotopic (exact) mass is 311 g/mol. The molecule has 1 amide bonds. The van der Waals surface area contributed by atoms with Gasteiger partial charge in [0, 0.05) is 13.0 Å². The fourth-order valence-corrected chi connectivity index (χ4v) is 2.49. The van der Waals surface area contributed by atoms with Crippen molar-refractivity contribution in [2.45, 2.75) is 44.1 Å². The third-order valence-corrected chi connectivity index (χ3v) is 3.97. The Balaban J connectivity index is 2.83. The van der Waals surface area contributed by atoms with Gasteiger partial charge in [0.2, 0.25) is 5.91 Å².